The second-order valence-corrected chi connectivity index (χ2v) is 4.50. The Bertz CT molecular complexity index is 357. The molecule has 0 aromatic heterocycles. The Morgan fingerprint density at radius 1 is 1.40 bits per heavy atom. The molecule has 0 amide bonds. The lowest BCUT2D eigenvalue weighted by atomic mass is 9.91. The van der Waals surface area contributed by atoms with Gasteiger partial charge in [-0.1, -0.05) is 6.07 Å². The molecule has 1 aliphatic heterocycles. The van der Waals surface area contributed by atoms with Gasteiger partial charge in [-0.05, 0) is 44.4 Å². The van der Waals surface area contributed by atoms with Gasteiger partial charge in [0, 0.05) is 11.6 Å². The molecule has 3 heteroatoms. The van der Waals surface area contributed by atoms with E-state index in [1.165, 1.54) is 12.1 Å². The number of hydrogen-bond donors (Lipinski definition) is 1. The molecule has 1 fully saturated rings. The smallest absolute Gasteiger partial charge is 0.129 e. The van der Waals surface area contributed by atoms with Gasteiger partial charge in [-0.3, -0.25) is 0 Å². The normalized spacial score (nSPS) is 25.8. The van der Waals surface area contributed by atoms with Crippen molar-refractivity contribution in [3.8, 4) is 0 Å². The highest BCUT2D eigenvalue weighted by atomic mass is 19.1. The molecule has 1 saturated heterocycles. The van der Waals surface area contributed by atoms with Crippen molar-refractivity contribution in [1.82, 2.24) is 5.32 Å². The number of halogens is 2. The summed E-state index contributed by atoms with van der Waals surface area (Å²) in [6.07, 6.45) is 2.79. The lowest BCUT2D eigenvalue weighted by Crippen LogP contribution is -2.38. The SMILES string of the molecule is CC1(Cc2ccc(F)cc2F)CCCN1. The summed E-state index contributed by atoms with van der Waals surface area (Å²) >= 11 is 0. The summed E-state index contributed by atoms with van der Waals surface area (Å²) in [5.41, 5.74) is 0.562. The van der Waals surface area contributed by atoms with Crippen molar-refractivity contribution in [2.45, 2.75) is 31.7 Å². The van der Waals surface area contributed by atoms with Crippen molar-refractivity contribution >= 4 is 0 Å². The van der Waals surface area contributed by atoms with Crippen LogP contribution >= 0.6 is 0 Å². The molecule has 1 unspecified atom stereocenters. The number of benzene rings is 1. The summed E-state index contributed by atoms with van der Waals surface area (Å²) in [6.45, 7) is 3.07. The summed E-state index contributed by atoms with van der Waals surface area (Å²) in [4.78, 5) is 0. The van der Waals surface area contributed by atoms with Crippen LogP contribution in [0.3, 0.4) is 0 Å². The fourth-order valence-electron chi connectivity index (χ4n) is 2.19. The third-order valence-corrected chi connectivity index (χ3v) is 3.05. The van der Waals surface area contributed by atoms with E-state index in [1.54, 1.807) is 0 Å². The maximum atomic E-state index is 13.4. The lowest BCUT2D eigenvalue weighted by molar-refractivity contribution is 0.404. The van der Waals surface area contributed by atoms with E-state index < -0.39 is 11.6 Å². The molecule has 1 nitrogen and oxygen atoms in total. The Kier molecular flexibility index (Phi) is 2.74. The minimum absolute atomic E-state index is 0.0291. The molecular formula is C12H15F2N. The molecule has 15 heavy (non-hydrogen) atoms. The Hall–Kier alpha value is -0.960. The lowest BCUT2D eigenvalue weighted by Gasteiger charge is -2.24. The second-order valence-electron chi connectivity index (χ2n) is 4.50. The van der Waals surface area contributed by atoms with Crippen molar-refractivity contribution in [2.75, 3.05) is 6.54 Å². The molecule has 1 aromatic carbocycles. The fourth-order valence-corrected chi connectivity index (χ4v) is 2.19. The Balaban J connectivity index is 2.16. The molecule has 2 rings (SSSR count). The van der Waals surface area contributed by atoms with Crippen LogP contribution in [0.15, 0.2) is 18.2 Å². The zero-order valence-electron chi connectivity index (χ0n) is 8.82. The van der Waals surface area contributed by atoms with Crippen molar-refractivity contribution in [3.63, 3.8) is 0 Å². The summed E-state index contributed by atoms with van der Waals surface area (Å²) in [6, 6.07) is 3.81. The highest BCUT2D eigenvalue weighted by Crippen LogP contribution is 2.24. The minimum Gasteiger partial charge on any atom is -0.311 e. The maximum absolute atomic E-state index is 13.4. The van der Waals surface area contributed by atoms with Gasteiger partial charge < -0.3 is 5.32 Å². The molecule has 0 bridgehead atoms. The molecule has 0 spiro atoms. The van der Waals surface area contributed by atoms with Crippen LogP contribution < -0.4 is 5.32 Å². The van der Waals surface area contributed by atoms with Crippen molar-refractivity contribution in [1.29, 1.82) is 0 Å². The summed E-state index contributed by atoms with van der Waals surface area (Å²) < 4.78 is 26.1. The Morgan fingerprint density at radius 3 is 2.80 bits per heavy atom. The molecule has 82 valence electrons. The van der Waals surface area contributed by atoms with E-state index in [0.717, 1.165) is 25.5 Å². The quantitative estimate of drug-likeness (QED) is 0.793. The summed E-state index contributed by atoms with van der Waals surface area (Å²) in [5, 5.41) is 3.36. The van der Waals surface area contributed by atoms with Gasteiger partial charge >= 0.3 is 0 Å². The van der Waals surface area contributed by atoms with Crippen LogP contribution in [0.4, 0.5) is 8.78 Å². The van der Waals surface area contributed by atoms with E-state index in [0.29, 0.717) is 12.0 Å². The van der Waals surface area contributed by atoms with Crippen LogP contribution in [0, 0.1) is 11.6 Å². The molecule has 1 N–H and O–H groups in total. The van der Waals surface area contributed by atoms with Gasteiger partial charge in [0.15, 0.2) is 0 Å². The first-order valence-corrected chi connectivity index (χ1v) is 5.28. The zero-order chi connectivity index (χ0) is 10.9. The number of hydrogen-bond acceptors (Lipinski definition) is 1. The Labute approximate surface area is 88.5 Å². The Morgan fingerprint density at radius 2 is 2.20 bits per heavy atom. The molecule has 1 heterocycles. The average Bonchev–Trinajstić information content (AvgIpc) is 2.58. The molecule has 0 aliphatic carbocycles. The highest BCUT2D eigenvalue weighted by Gasteiger charge is 2.28. The standard InChI is InChI=1S/C12H15F2N/c1-12(5-2-6-15-12)8-9-3-4-10(13)7-11(9)14/h3-4,7,15H,2,5-6,8H2,1H3. The van der Waals surface area contributed by atoms with Crippen molar-refractivity contribution < 1.29 is 8.78 Å². The van der Waals surface area contributed by atoms with Gasteiger partial charge in [-0.25, -0.2) is 8.78 Å². The molecule has 1 aliphatic rings. The molecular weight excluding hydrogens is 196 g/mol. The van der Waals surface area contributed by atoms with E-state index in [4.69, 9.17) is 0 Å². The molecule has 1 atom stereocenters. The van der Waals surface area contributed by atoms with Gasteiger partial charge in [0.1, 0.15) is 11.6 Å². The van der Waals surface area contributed by atoms with Crippen LogP contribution in [-0.2, 0) is 6.42 Å². The highest BCUT2D eigenvalue weighted by molar-refractivity contribution is 5.21. The van der Waals surface area contributed by atoms with Gasteiger partial charge in [-0.15, -0.1) is 0 Å². The van der Waals surface area contributed by atoms with E-state index in [2.05, 4.69) is 12.2 Å². The predicted octanol–water partition coefficient (Wildman–Crippen LogP) is 2.65. The predicted molar refractivity (Wildman–Crippen MR) is 55.7 cm³/mol. The number of rotatable bonds is 2. The largest absolute Gasteiger partial charge is 0.311 e. The van der Waals surface area contributed by atoms with E-state index in [1.807, 2.05) is 0 Å². The van der Waals surface area contributed by atoms with E-state index in [-0.39, 0.29) is 5.54 Å². The third kappa shape index (κ3) is 2.34. The van der Waals surface area contributed by atoms with E-state index >= 15 is 0 Å². The summed E-state index contributed by atoms with van der Waals surface area (Å²) in [5.74, 6) is -0.953. The third-order valence-electron chi connectivity index (χ3n) is 3.05. The molecule has 0 radical (unpaired) electrons. The average molecular weight is 211 g/mol. The van der Waals surface area contributed by atoms with Crippen molar-refractivity contribution in [3.05, 3.63) is 35.4 Å². The van der Waals surface area contributed by atoms with Crippen LogP contribution in [0.25, 0.3) is 0 Å². The van der Waals surface area contributed by atoms with Crippen LogP contribution in [-0.4, -0.2) is 12.1 Å². The summed E-state index contributed by atoms with van der Waals surface area (Å²) in [7, 11) is 0. The monoisotopic (exact) mass is 211 g/mol. The van der Waals surface area contributed by atoms with Gasteiger partial charge in [0.25, 0.3) is 0 Å². The number of nitrogens with one attached hydrogen (secondary N) is 1. The molecule has 0 saturated carbocycles. The van der Waals surface area contributed by atoms with Crippen LogP contribution in [0.5, 0.6) is 0 Å². The first-order chi connectivity index (χ1) is 7.09. The maximum Gasteiger partial charge on any atom is 0.129 e. The minimum atomic E-state index is -0.513. The second kappa shape index (κ2) is 3.89. The van der Waals surface area contributed by atoms with Gasteiger partial charge in [0.05, 0.1) is 0 Å². The van der Waals surface area contributed by atoms with Gasteiger partial charge in [0.2, 0.25) is 0 Å². The van der Waals surface area contributed by atoms with Crippen molar-refractivity contribution in [2.24, 2.45) is 0 Å². The van der Waals surface area contributed by atoms with Gasteiger partial charge in [-0.2, -0.15) is 0 Å². The van der Waals surface area contributed by atoms with Crippen LogP contribution in [0.1, 0.15) is 25.3 Å². The first-order valence-electron chi connectivity index (χ1n) is 5.28. The molecule has 1 aromatic rings. The topological polar surface area (TPSA) is 12.0 Å². The fraction of sp³-hybridized carbons (Fsp3) is 0.500. The first kappa shape index (κ1) is 10.6. The van der Waals surface area contributed by atoms with E-state index in [9.17, 15) is 8.78 Å². The zero-order valence-corrected chi connectivity index (χ0v) is 8.82. The van der Waals surface area contributed by atoms with Crippen LogP contribution in [0.2, 0.25) is 0 Å².